The highest BCUT2D eigenvalue weighted by atomic mass is 16.5. The fraction of sp³-hybridized carbons (Fsp3) is 0.632. The summed E-state index contributed by atoms with van der Waals surface area (Å²) in [5.74, 6) is 2.58. The van der Waals surface area contributed by atoms with Crippen LogP contribution >= 0.6 is 0 Å². The van der Waals surface area contributed by atoms with Crippen molar-refractivity contribution < 1.29 is 4.74 Å². The summed E-state index contributed by atoms with van der Waals surface area (Å²) in [6.07, 6.45) is 2.52. The van der Waals surface area contributed by atoms with E-state index in [0.717, 1.165) is 30.7 Å². The predicted octanol–water partition coefficient (Wildman–Crippen LogP) is 2.30. The van der Waals surface area contributed by atoms with E-state index >= 15 is 0 Å². The summed E-state index contributed by atoms with van der Waals surface area (Å²) in [7, 11) is 3.90. The number of benzene rings is 1. The van der Waals surface area contributed by atoms with Crippen molar-refractivity contribution in [1.82, 2.24) is 15.1 Å². The molecule has 24 heavy (non-hydrogen) atoms. The van der Waals surface area contributed by atoms with Crippen LogP contribution in [0.4, 0.5) is 0 Å². The largest absolute Gasteiger partial charge is 0.492 e. The van der Waals surface area contributed by atoms with Crippen molar-refractivity contribution >= 4 is 5.96 Å². The monoisotopic (exact) mass is 332 g/mol. The van der Waals surface area contributed by atoms with Gasteiger partial charge < -0.3 is 19.9 Å². The molecule has 1 aromatic rings. The van der Waals surface area contributed by atoms with Crippen LogP contribution in [0.15, 0.2) is 35.3 Å². The number of para-hydroxylation sites is 1. The molecule has 1 aliphatic heterocycles. The first kappa shape index (κ1) is 18.6. The third-order valence-corrected chi connectivity index (χ3v) is 4.47. The van der Waals surface area contributed by atoms with Gasteiger partial charge in [-0.25, -0.2) is 0 Å². The van der Waals surface area contributed by atoms with Gasteiger partial charge in [-0.1, -0.05) is 25.1 Å². The van der Waals surface area contributed by atoms with Crippen LogP contribution in [0.1, 0.15) is 19.8 Å². The molecule has 1 saturated heterocycles. The molecule has 2 rings (SSSR count). The number of aliphatic imine (C=N–C) groups is 1. The van der Waals surface area contributed by atoms with Crippen LogP contribution in [0.5, 0.6) is 5.75 Å². The Bertz CT molecular complexity index is 491. The third kappa shape index (κ3) is 6.04. The van der Waals surface area contributed by atoms with Gasteiger partial charge in [-0.2, -0.15) is 0 Å². The molecule has 1 heterocycles. The highest BCUT2D eigenvalue weighted by molar-refractivity contribution is 5.79. The summed E-state index contributed by atoms with van der Waals surface area (Å²) < 4.78 is 5.76. The molecular formula is C19H32N4O. The van der Waals surface area contributed by atoms with Gasteiger partial charge in [0.15, 0.2) is 5.96 Å². The summed E-state index contributed by atoms with van der Waals surface area (Å²) in [6.45, 7) is 8.37. The number of hydrogen-bond donors (Lipinski definition) is 1. The molecular weight excluding hydrogens is 300 g/mol. The van der Waals surface area contributed by atoms with Crippen LogP contribution in [0.3, 0.4) is 0 Å². The molecule has 1 aromatic carbocycles. The molecule has 1 unspecified atom stereocenters. The molecule has 0 aliphatic carbocycles. The van der Waals surface area contributed by atoms with Crippen molar-refractivity contribution in [1.29, 1.82) is 0 Å². The number of nitrogens with one attached hydrogen (secondary N) is 1. The minimum atomic E-state index is 0.648. The van der Waals surface area contributed by atoms with Crippen molar-refractivity contribution in [3.05, 3.63) is 30.3 Å². The highest BCUT2D eigenvalue weighted by Gasteiger charge is 2.22. The number of guanidine groups is 1. The number of nitrogens with zero attached hydrogens (tertiary/aromatic N) is 3. The lowest BCUT2D eigenvalue weighted by Gasteiger charge is -2.23. The Morgan fingerprint density at radius 2 is 2.17 bits per heavy atom. The van der Waals surface area contributed by atoms with Crippen molar-refractivity contribution in [2.24, 2.45) is 10.9 Å². The molecule has 1 aliphatic rings. The van der Waals surface area contributed by atoms with Gasteiger partial charge in [0.2, 0.25) is 0 Å². The van der Waals surface area contributed by atoms with Crippen LogP contribution in [0.25, 0.3) is 0 Å². The summed E-state index contributed by atoms with van der Waals surface area (Å²) in [6, 6.07) is 9.94. The molecule has 0 spiro atoms. The smallest absolute Gasteiger partial charge is 0.193 e. The zero-order chi connectivity index (χ0) is 17.2. The number of likely N-dealkylation sites (N-methyl/N-ethyl adjacent to an activating group) is 1. The van der Waals surface area contributed by atoms with E-state index in [2.05, 4.69) is 34.1 Å². The van der Waals surface area contributed by atoms with E-state index in [1.807, 2.05) is 37.4 Å². The van der Waals surface area contributed by atoms with E-state index in [9.17, 15) is 0 Å². The van der Waals surface area contributed by atoms with Crippen LogP contribution in [-0.4, -0.2) is 69.2 Å². The van der Waals surface area contributed by atoms with Gasteiger partial charge in [0.05, 0.1) is 6.54 Å². The van der Waals surface area contributed by atoms with Gasteiger partial charge >= 0.3 is 0 Å². The van der Waals surface area contributed by atoms with Gasteiger partial charge in [-0.3, -0.25) is 4.99 Å². The van der Waals surface area contributed by atoms with Gasteiger partial charge in [-0.15, -0.1) is 0 Å². The van der Waals surface area contributed by atoms with Crippen LogP contribution < -0.4 is 10.1 Å². The van der Waals surface area contributed by atoms with Gasteiger partial charge in [-0.05, 0) is 44.0 Å². The summed E-state index contributed by atoms with van der Waals surface area (Å²) in [4.78, 5) is 9.08. The molecule has 134 valence electrons. The average Bonchev–Trinajstić information content (AvgIpc) is 3.04. The first-order valence-corrected chi connectivity index (χ1v) is 9.05. The van der Waals surface area contributed by atoms with E-state index in [4.69, 9.17) is 4.74 Å². The molecule has 5 nitrogen and oxygen atoms in total. The van der Waals surface area contributed by atoms with Crippen LogP contribution in [0.2, 0.25) is 0 Å². The molecule has 0 radical (unpaired) electrons. The van der Waals surface area contributed by atoms with Gasteiger partial charge in [0, 0.05) is 27.2 Å². The predicted molar refractivity (Wildman–Crippen MR) is 101 cm³/mol. The maximum absolute atomic E-state index is 5.76. The number of ether oxygens (including phenoxy) is 1. The second kappa shape index (κ2) is 10.2. The normalized spacial score (nSPS) is 18.6. The van der Waals surface area contributed by atoms with E-state index in [1.165, 1.54) is 32.5 Å². The van der Waals surface area contributed by atoms with Crippen molar-refractivity contribution in [3.63, 3.8) is 0 Å². The van der Waals surface area contributed by atoms with E-state index in [-0.39, 0.29) is 0 Å². The zero-order valence-electron chi connectivity index (χ0n) is 15.4. The fourth-order valence-corrected chi connectivity index (χ4v) is 3.14. The first-order chi connectivity index (χ1) is 11.7. The molecule has 1 N–H and O–H groups in total. The molecule has 5 heteroatoms. The fourth-order valence-electron chi connectivity index (χ4n) is 3.14. The Morgan fingerprint density at radius 1 is 1.38 bits per heavy atom. The number of hydrogen-bond acceptors (Lipinski definition) is 3. The van der Waals surface area contributed by atoms with Crippen molar-refractivity contribution in [3.8, 4) is 5.75 Å². The lowest BCUT2D eigenvalue weighted by atomic mass is 10.1. The molecule has 1 fully saturated rings. The Labute approximate surface area is 146 Å². The van der Waals surface area contributed by atoms with Gasteiger partial charge in [0.1, 0.15) is 12.4 Å². The maximum Gasteiger partial charge on any atom is 0.193 e. The van der Waals surface area contributed by atoms with E-state index < -0.39 is 0 Å². The second-order valence-corrected chi connectivity index (χ2v) is 6.47. The summed E-state index contributed by atoms with van der Waals surface area (Å²) in [5.41, 5.74) is 0. The Kier molecular flexibility index (Phi) is 7.89. The van der Waals surface area contributed by atoms with E-state index in [1.54, 1.807) is 0 Å². The third-order valence-electron chi connectivity index (χ3n) is 4.47. The van der Waals surface area contributed by atoms with Crippen LogP contribution in [-0.2, 0) is 0 Å². The molecule has 1 atom stereocenters. The molecule has 0 aromatic heterocycles. The Balaban J connectivity index is 1.67. The van der Waals surface area contributed by atoms with Crippen molar-refractivity contribution in [2.45, 2.75) is 19.8 Å². The van der Waals surface area contributed by atoms with E-state index in [0.29, 0.717) is 6.61 Å². The topological polar surface area (TPSA) is 40.1 Å². The number of rotatable bonds is 8. The quantitative estimate of drug-likeness (QED) is 0.586. The zero-order valence-corrected chi connectivity index (χ0v) is 15.4. The van der Waals surface area contributed by atoms with Crippen molar-refractivity contribution in [2.75, 3.05) is 53.4 Å². The van der Waals surface area contributed by atoms with Gasteiger partial charge in [0.25, 0.3) is 0 Å². The first-order valence-electron chi connectivity index (χ1n) is 9.05. The lowest BCUT2D eigenvalue weighted by molar-refractivity contribution is 0.280. The average molecular weight is 332 g/mol. The summed E-state index contributed by atoms with van der Waals surface area (Å²) in [5, 5.41) is 3.52. The Morgan fingerprint density at radius 3 is 2.88 bits per heavy atom. The second-order valence-electron chi connectivity index (χ2n) is 6.47. The SMILES string of the molecule is CCCN1CCC(CNC(=NC)N(C)CCOc2ccccc2)C1. The highest BCUT2D eigenvalue weighted by Crippen LogP contribution is 2.15. The lowest BCUT2D eigenvalue weighted by Crippen LogP contribution is -2.43. The molecule has 0 amide bonds. The summed E-state index contributed by atoms with van der Waals surface area (Å²) >= 11 is 0. The van der Waals surface area contributed by atoms with Crippen LogP contribution in [0, 0.1) is 5.92 Å². The Hall–Kier alpha value is -1.75. The molecule has 0 saturated carbocycles. The minimum absolute atomic E-state index is 0.648. The standard InChI is InChI=1S/C19H32N4O/c1-4-11-23-12-10-17(16-23)15-21-19(20-2)22(3)13-14-24-18-8-6-5-7-9-18/h5-9,17H,4,10-16H2,1-3H3,(H,20,21). The number of likely N-dealkylation sites (tertiary alicyclic amines) is 1. The maximum atomic E-state index is 5.76. The molecule has 0 bridgehead atoms. The minimum Gasteiger partial charge on any atom is -0.492 e.